The van der Waals surface area contributed by atoms with Gasteiger partial charge in [0.05, 0.1) is 0 Å². The topological polar surface area (TPSA) is 75.6 Å². The summed E-state index contributed by atoms with van der Waals surface area (Å²) in [5.41, 5.74) is 0. The van der Waals surface area contributed by atoms with Gasteiger partial charge in [-0.2, -0.15) is 0 Å². The molecule has 0 spiro atoms. The molecule has 0 radical (unpaired) electrons. The Morgan fingerprint density at radius 3 is 3.06 bits per heavy atom. The van der Waals surface area contributed by atoms with Crippen molar-refractivity contribution in [3.05, 3.63) is 24.8 Å². The zero-order valence-electron chi connectivity index (χ0n) is 8.97. The molecular weight excluding hydrogens is 206 g/mol. The van der Waals surface area contributed by atoms with Gasteiger partial charge in [0.1, 0.15) is 0 Å². The fraction of sp³-hybridized carbons (Fsp3) is 0.300. The first-order valence-electron chi connectivity index (χ1n) is 5.02. The Morgan fingerprint density at radius 2 is 2.38 bits per heavy atom. The lowest BCUT2D eigenvalue weighted by Crippen LogP contribution is -2.24. The molecule has 6 heteroatoms. The van der Waals surface area contributed by atoms with Gasteiger partial charge in [-0.05, 0) is 0 Å². The number of rotatable bonds is 4. The van der Waals surface area contributed by atoms with E-state index in [9.17, 15) is 4.79 Å². The Bertz CT molecular complexity index is 459. The predicted molar refractivity (Wildman–Crippen MR) is 58.5 cm³/mol. The van der Waals surface area contributed by atoms with Crippen LogP contribution in [0.25, 0.3) is 11.6 Å². The van der Waals surface area contributed by atoms with Crippen LogP contribution < -0.4 is 5.32 Å². The van der Waals surface area contributed by atoms with E-state index >= 15 is 0 Å². The van der Waals surface area contributed by atoms with Gasteiger partial charge < -0.3 is 14.9 Å². The highest BCUT2D eigenvalue weighted by Gasteiger charge is 2.07. The maximum atomic E-state index is 10.7. The third-order valence-electron chi connectivity index (χ3n) is 2.15. The number of nitrogens with zero attached hydrogens (tertiary/aromatic N) is 3. The molecule has 0 fully saturated rings. The van der Waals surface area contributed by atoms with Crippen molar-refractivity contribution in [1.29, 1.82) is 0 Å². The molecule has 0 bridgehead atoms. The van der Waals surface area contributed by atoms with Crippen LogP contribution in [0.2, 0.25) is 0 Å². The molecule has 1 amide bonds. The maximum Gasteiger partial charge on any atom is 0.216 e. The highest BCUT2D eigenvalue weighted by molar-refractivity contribution is 5.72. The van der Waals surface area contributed by atoms with Crippen molar-refractivity contribution in [1.82, 2.24) is 24.8 Å². The van der Waals surface area contributed by atoms with E-state index in [1.165, 1.54) is 6.92 Å². The van der Waals surface area contributed by atoms with Crippen LogP contribution in [-0.2, 0) is 11.3 Å². The molecule has 0 aliphatic carbocycles. The summed E-state index contributed by atoms with van der Waals surface area (Å²) in [6.07, 6.45) is 7.01. The lowest BCUT2D eigenvalue weighted by atomic mass is 10.5. The Hall–Kier alpha value is -2.11. The SMILES string of the molecule is CC(=O)NCCn1ccnc1-c1ncc[nH]1. The summed E-state index contributed by atoms with van der Waals surface area (Å²) < 4.78 is 1.94. The molecule has 2 rings (SSSR count). The first kappa shape index (κ1) is 10.4. The second kappa shape index (κ2) is 4.61. The van der Waals surface area contributed by atoms with E-state index in [-0.39, 0.29) is 5.91 Å². The van der Waals surface area contributed by atoms with Gasteiger partial charge >= 0.3 is 0 Å². The first-order chi connectivity index (χ1) is 7.77. The van der Waals surface area contributed by atoms with E-state index in [1.54, 1.807) is 18.6 Å². The zero-order valence-corrected chi connectivity index (χ0v) is 8.97. The summed E-state index contributed by atoms with van der Waals surface area (Å²) in [4.78, 5) is 22.1. The van der Waals surface area contributed by atoms with Crippen LogP contribution in [0.4, 0.5) is 0 Å². The van der Waals surface area contributed by atoms with Crippen LogP contribution >= 0.6 is 0 Å². The molecule has 6 nitrogen and oxygen atoms in total. The summed E-state index contributed by atoms with van der Waals surface area (Å²) in [5, 5.41) is 2.74. The van der Waals surface area contributed by atoms with Gasteiger partial charge in [-0.15, -0.1) is 0 Å². The van der Waals surface area contributed by atoms with Crippen LogP contribution in [-0.4, -0.2) is 32.0 Å². The van der Waals surface area contributed by atoms with Gasteiger partial charge in [-0.3, -0.25) is 4.79 Å². The number of hydrogen-bond acceptors (Lipinski definition) is 3. The minimum Gasteiger partial charge on any atom is -0.355 e. The molecule has 0 atom stereocenters. The first-order valence-corrected chi connectivity index (χ1v) is 5.02. The Labute approximate surface area is 92.7 Å². The van der Waals surface area contributed by atoms with E-state index in [2.05, 4.69) is 20.3 Å². The lowest BCUT2D eigenvalue weighted by molar-refractivity contribution is -0.118. The fourth-order valence-electron chi connectivity index (χ4n) is 1.45. The van der Waals surface area contributed by atoms with Gasteiger partial charge in [-0.1, -0.05) is 0 Å². The molecule has 84 valence electrons. The van der Waals surface area contributed by atoms with Crippen molar-refractivity contribution in [3.8, 4) is 11.6 Å². The molecule has 0 saturated heterocycles. The monoisotopic (exact) mass is 219 g/mol. The number of H-pyrrole nitrogens is 1. The fourth-order valence-corrected chi connectivity index (χ4v) is 1.45. The molecule has 0 aromatic carbocycles. The summed E-state index contributed by atoms with van der Waals surface area (Å²) in [7, 11) is 0. The van der Waals surface area contributed by atoms with Crippen molar-refractivity contribution in [2.24, 2.45) is 0 Å². The highest BCUT2D eigenvalue weighted by atomic mass is 16.1. The highest BCUT2D eigenvalue weighted by Crippen LogP contribution is 2.10. The summed E-state index contributed by atoms with van der Waals surface area (Å²) >= 11 is 0. The molecule has 2 heterocycles. The van der Waals surface area contributed by atoms with Crippen LogP contribution in [0.15, 0.2) is 24.8 Å². The van der Waals surface area contributed by atoms with Crippen molar-refractivity contribution in [2.75, 3.05) is 6.54 Å². The van der Waals surface area contributed by atoms with Gasteiger partial charge in [0.15, 0.2) is 11.6 Å². The smallest absolute Gasteiger partial charge is 0.216 e. The summed E-state index contributed by atoms with van der Waals surface area (Å²) in [5.74, 6) is 1.47. The molecule has 0 unspecified atom stereocenters. The minimum atomic E-state index is -0.0281. The van der Waals surface area contributed by atoms with Gasteiger partial charge in [0, 0.05) is 44.8 Å². The number of aromatic nitrogens is 4. The van der Waals surface area contributed by atoms with E-state index in [0.29, 0.717) is 13.1 Å². The number of nitrogens with one attached hydrogen (secondary N) is 2. The predicted octanol–water partition coefficient (Wildman–Crippen LogP) is 0.409. The molecule has 2 aromatic heterocycles. The van der Waals surface area contributed by atoms with Crippen LogP contribution in [0, 0.1) is 0 Å². The van der Waals surface area contributed by atoms with Gasteiger partial charge in [0.2, 0.25) is 5.91 Å². The molecule has 0 aliphatic rings. The van der Waals surface area contributed by atoms with Crippen molar-refractivity contribution in [3.63, 3.8) is 0 Å². The summed E-state index contributed by atoms with van der Waals surface area (Å²) in [6, 6.07) is 0. The van der Waals surface area contributed by atoms with E-state index < -0.39 is 0 Å². The third-order valence-corrected chi connectivity index (χ3v) is 2.15. The maximum absolute atomic E-state index is 10.7. The summed E-state index contributed by atoms with van der Waals surface area (Å²) in [6.45, 7) is 2.76. The largest absolute Gasteiger partial charge is 0.355 e. The number of hydrogen-bond donors (Lipinski definition) is 2. The average Bonchev–Trinajstić information content (AvgIpc) is 2.84. The number of carbonyl (C=O) groups excluding carboxylic acids is 1. The van der Waals surface area contributed by atoms with Crippen molar-refractivity contribution >= 4 is 5.91 Å². The molecule has 0 saturated carbocycles. The number of imidazole rings is 2. The van der Waals surface area contributed by atoms with Crippen molar-refractivity contribution in [2.45, 2.75) is 13.5 Å². The van der Waals surface area contributed by atoms with E-state index in [0.717, 1.165) is 11.6 Å². The van der Waals surface area contributed by atoms with Crippen molar-refractivity contribution < 1.29 is 4.79 Å². The molecule has 0 aliphatic heterocycles. The molecule has 2 aromatic rings. The van der Waals surface area contributed by atoms with Crippen LogP contribution in [0.3, 0.4) is 0 Å². The number of carbonyl (C=O) groups is 1. The Balaban J connectivity index is 2.05. The number of aromatic amines is 1. The van der Waals surface area contributed by atoms with Gasteiger partial charge in [0.25, 0.3) is 0 Å². The minimum absolute atomic E-state index is 0.0281. The number of amides is 1. The zero-order chi connectivity index (χ0) is 11.4. The lowest BCUT2D eigenvalue weighted by Gasteiger charge is -2.06. The van der Waals surface area contributed by atoms with Crippen LogP contribution in [0.1, 0.15) is 6.92 Å². The Kier molecular flexibility index (Phi) is 3.00. The molecular formula is C10H13N5O. The molecule has 16 heavy (non-hydrogen) atoms. The van der Waals surface area contributed by atoms with E-state index in [1.807, 2.05) is 10.8 Å². The second-order valence-electron chi connectivity index (χ2n) is 3.36. The second-order valence-corrected chi connectivity index (χ2v) is 3.36. The van der Waals surface area contributed by atoms with Gasteiger partial charge in [-0.25, -0.2) is 9.97 Å². The average molecular weight is 219 g/mol. The molecule has 2 N–H and O–H groups in total. The van der Waals surface area contributed by atoms with E-state index in [4.69, 9.17) is 0 Å². The van der Waals surface area contributed by atoms with Crippen LogP contribution in [0.5, 0.6) is 0 Å². The standard InChI is InChI=1S/C10H13N5O/c1-8(16)11-4-6-15-7-5-14-10(15)9-12-2-3-13-9/h2-3,5,7H,4,6H2,1H3,(H,11,16)(H,12,13). The third kappa shape index (κ3) is 2.28. The Morgan fingerprint density at radius 1 is 1.50 bits per heavy atom. The quantitative estimate of drug-likeness (QED) is 0.782. The normalized spacial score (nSPS) is 10.3.